The van der Waals surface area contributed by atoms with Gasteiger partial charge in [-0.05, 0) is 12.3 Å². The Kier molecular flexibility index (Phi) is 18.3. The first-order valence-electron chi connectivity index (χ1n) is 4.20. The number of aliphatic hydroxyl groups is 2. The minimum absolute atomic E-state index is 0. The van der Waals surface area contributed by atoms with Gasteiger partial charge in [0.15, 0.2) is 6.29 Å². The standard InChI is InChI=1S/C9H19O3.2CH3.Ti/c1-5-12-8(11)6-7(10)9(2,3)4;;;/h6-8,10-11H,5H2,1-4H3;2*1H3;/q;2*-1;+2. The molecule has 0 aromatic heterocycles. The van der Waals surface area contributed by atoms with E-state index in [4.69, 9.17) is 9.84 Å². The molecule has 3 nitrogen and oxygen atoms in total. The maximum atomic E-state index is 9.49. The van der Waals surface area contributed by atoms with Gasteiger partial charge in [-0.25, -0.2) is 0 Å². The van der Waals surface area contributed by atoms with Gasteiger partial charge in [-0.3, -0.25) is 0 Å². The Bertz CT molecular complexity index is 123. The fraction of sp³-hybridized carbons (Fsp3) is 0.727. The molecule has 0 aliphatic rings. The second kappa shape index (κ2) is 11.1. The molecule has 2 atom stereocenters. The van der Waals surface area contributed by atoms with Gasteiger partial charge in [0.25, 0.3) is 0 Å². The van der Waals surface area contributed by atoms with E-state index in [9.17, 15) is 5.11 Å². The van der Waals surface area contributed by atoms with Crippen LogP contribution in [0.25, 0.3) is 0 Å². The van der Waals surface area contributed by atoms with Crippen LogP contribution in [0.4, 0.5) is 0 Å². The van der Waals surface area contributed by atoms with Gasteiger partial charge in [-0.2, -0.15) is 0 Å². The molecule has 0 heterocycles. The summed E-state index contributed by atoms with van der Waals surface area (Å²) in [6.45, 7) is 7.92. The first-order chi connectivity index (χ1) is 5.38. The van der Waals surface area contributed by atoms with Gasteiger partial charge in [0, 0.05) is 13.0 Å². The van der Waals surface area contributed by atoms with Crippen LogP contribution >= 0.6 is 0 Å². The van der Waals surface area contributed by atoms with E-state index in [1.54, 1.807) is 6.92 Å². The zero-order chi connectivity index (χ0) is 9.78. The molecule has 1 radical (unpaired) electrons. The molecule has 0 aromatic carbocycles. The molecule has 0 saturated carbocycles. The van der Waals surface area contributed by atoms with Crippen LogP contribution in [-0.2, 0) is 26.5 Å². The summed E-state index contributed by atoms with van der Waals surface area (Å²) >= 11 is 0. The van der Waals surface area contributed by atoms with Crippen LogP contribution < -0.4 is 0 Å². The maximum absolute atomic E-state index is 9.49. The van der Waals surface area contributed by atoms with Crippen molar-refractivity contribution in [3.05, 3.63) is 21.3 Å². The predicted molar refractivity (Wildman–Crippen MR) is 60.2 cm³/mol. The molecule has 0 bridgehead atoms. The minimum atomic E-state index is -0.968. The molecular formula is C11H25O3Ti. The molecule has 0 saturated heterocycles. The Balaban J connectivity index is -0.000000202. The molecule has 4 heteroatoms. The van der Waals surface area contributed by atoms with Gasteiger partial charge >= 0.3 is 21.7 Å². The van der Waals surface area contributed by atoms with E-state index in [1.807, 2.05) is 20.8 Å². The molecule has 91 valence electrons. The van der Waals surface area contributed by atoms with Crippen LogP contribution in [0.1, 0.15) is 27.7 Å². The number of aliphatic hydroxyl groups excluding tert-OH is 2. The summed E-state index contributed by atoms with van der Waals surface area (Å²) in [5.74, 6) is 0. The largest absolute Gasteiger partial charge is 2.00 e. The third-order valence-electron chi connectivity index (χ3n) is 1.57. The summed E-state index contributed by atoms with van der Waals surface area (Å²) in [6.07, 6.45) is -0.230. The first kappa shape index (κ1) is 24.7. The quantitative estimate of drug-likeness (QED) is 0.456. The summed E-state index contributed by atoms with van der Waals surface area (Å²) in [5.41, 5.74) is -0.252. The summed E-state index contributed by atoms with van der Waals surface area (Å²) in [6, 6.07) is 0. The monoisotopic (exact) mass is 253 g/mol. The maximum Gasteiger partial charge on any atom is 2.00 e. The van der Waals surface area contributed by atoms with E-state index in [1.165, 1.54) is 6.42 Å². The summed E-state index contributed by atoms with van der Waals surface area (Å²) in [4.78, 5) is 0. The SMILES string of the molecule is CCOC(O)[CH]C(O)C(C)(C)C.[CH3-].[CH3-].[Ti+2]. The second-order valence-electron chi connectivity index (χ2n) is 3.85. The van der Waals surface area contributed by atoms with Crippen molar-refractivity contribution in [1.82, 2.24) is 0 Å². The summed E-state index contributed by atoms with van der Waals surface area (Å²) < 4.78 is 4.85. The van der Waals surface area contributed by atoms with Crippen LogP contribution in [0, 0.1) is 26.7 Å². The third kappa shape index (κ3) is 12.5. The smallest absolute Gasteiger partial charge is 0.392 e. The van der Waals surface area contributed by atoms with Crippen LogP contribution in [0.3, 0.4) is 0 Å². The van der Waals surface area contributed by atoms with Crippen molar-refractivity contribution in [3.8, 4) is 0 Å². The van der Waals surface area contributed by atoms with E-state index in [2.05, 4.69) is 0 Å². The van der Waals surface area contributed by atoms with Gasteiger partial charge in [0.2, 0.25) is 0 Å². The van der Waals surface area contributed by atoms with Crippen LogP contribution in [0.2, 0.25) is 0 Å². The van der Waals surface area contributed by atoms with E-state index in [-0.39, 0.29) is 42.0 Å². The predicted octanol–water partition coefficient (Wildman–Crippen LogP) is 1.85. The van der Waals surface area contributed by atoms with Gasteiger partial charge in [0.1, 0.15) is 0 Å². The number of rotatable bonds is 4. The van der Waals surface area contributed by atoms with E-state index in [0.717, 1.165) is 0 Å². The summed E-state index contributed by atoms with van der Waals surface area (Å²) in [5, 5.41) is 18.6. The third-order valence-corrected chi connectivity index (χ3v) is 1.57. The Morgan fingerprint density at radius 1 is 1.20 bits per heavy atom. The number of hydrogen-bond acceptors (Lipinski definition) is 3. The zero-order valence-corrected chi connectivity index (χ0v) is 12.3. The molecule has 0 fully saturated rings. The van der Waals surface area contributed by atoms with Crippen LogP contribution in [-0.4, -0.2) is 29.2 Å². The molecule has 2 N–H and O–H groups in total. The normalized spacial score (nSPS) is 14.0. The van der Waals surface area contributed by atoms with Gasteiger partial charge in [0.05, 0.1) is 6.10 Å². The van der Waals surface area contributed by atoms with Crippen molar-refractivity contribution in [2.45, 2.75) is 40.1 Å². The number of ether oxygens (including phenoxy) is 1. The fourth-order valence-electron chi connectivity index (χ4n) is 0.671. The Labute approximate surface area is 110 Å². The topological polar surface area (TPSA) is 49.7 Å². The summed E-state index contributed by atoms with van der Waals surface area (Å²) in [7, 11) is 0. The van der Waals surface area contributed by atoms with Gasteiger partial charge in [-0.15, -0.1) is 0 Å². The van der Waals surface area contributed by atoms with Crippen molar-refractivity contribution in [2.75, 3.05) is 6.61 Å². The molecule has 15 heavy (non-hydrogen) atoms. The van der Waals surface area contributed by atoms with E-state index in [0.29, 0.717) is 6.61 Å². The molecule has 0 amide bonds. The van der Waals surface area contributed by atoms with Gasteiger partial charge < -0.3 is 29.8 Å². The van der Waals surface area contributed by atoms with Crippen molar-refractivity contribution in [2.24, 2.45) is 5.41 Å². The molecule has 0 rings (SSSR count). The van der Waals surface area contributed by atoms with Crippen LogP contribution in [0.5, 0.6) is 0 Å². The van der Waals surface area contributed by atoms with Crippen molar-refractivity contribution >= 4 is 0 Å². The molecule has 0 aliphatic heterocycles. The molecule has 0 aromatic rings. The number of hydrogen-bond donors (Lipinski definition) is 2. The average Bonchev–Trinajstić information content (AvgIpc) is 1.85. The molecular weight excluding hydrogens is 228 g/mol. The van der Waals surface area contributed by atoms with Gasteiger partial charge in [-0.1, -0.05) is 20.8 Å². The Morgan fingerprint density at radius 2 is 1.60 bits per heavy atom. The fourth-order valence-corrected chi connectivity index (χ4v) is 0.671. The Morgan fingerprint density at radius 3 is 1.87 bits per heavy atom. The van der Waals surface area contributed by atoms with Crippen molar-refractivity contribution in [3.63, 3.8) is 0 Å². The average molecular weight is 253 g/mol. The minimum Gasteiger partial charge on any atom is -0.392 e. The Hall–Kier alpha value is 0.594. The molecule has 2 unspecified atom stereocenters. The zero-order valence-electron chi connectivity index (χ0n) is 10.7. The van der Waals surface area contributed by atoms with Crippen LogP contribution in [0.15, 0.2) is 0 Å². The second-order valence-corrected chi connectivity index (χ2v) is 3.85. The van der Waals surface area contributed by atoms with Crippen molar-refractivity contribution in [1.29, 1.82) is 0 Å². The molecule has 0 aliphatic carbocycles. The van der Waals surface area contributed by atoms with E-state index < -0.39 is 12.4 Å². The molecule has 0 spiro atoms. The van der Waals surface area contributed by atoms with Crippen molar-refractivity contribution < 1.29 is 36.7 Å². The first-order valence-corrected chi connectivity index (χ1v) is 4.20. The van der Waals surface area contributed by atoms with E-state index >= 15 is 0 Å².